The minimum Gasteiger partial charge on any atom is -0.352 e. The predicted octanol–water partition coefficient (Wildman–Crippen LogP) is 4.45. The van der Waals surface area contributed by atoms with Crippen LogP contribution in [0.5, 0.6) is 0 Å². The average Bonchev–Trinajstić information content (AvgIpc) is 2.75. The van der Waals surface area contributed by atoms with Crippen LogP contribution in [0.1, 0.15) is 21.5 Å². The molecule has 0 saturated heterocycles. The second kappa shape index (κ2) is 9.32. The fourth-order valence-corrected chi connectivity index (χ4v) is 4.22. The fourth-order valence-electron chi connectivity index (χ4n) is 2.90. The molecule has 1 amide bonds. The molecule has 5 nitrogen and oxygen atoms in total. The lowest BCUT2D eigenvalue weighted by Crippen LogP contribution is -2.27. The minimum atomic E-state index is -3.67. The third-order valence-corrected chi connectivity index (χ3v) is 6.84. The number of amides is 1. The first kappa shape index (κ1) is 21.9. The van der Waals surface area contributed by atoms with Crippen molar-refractivity contribution in [3.63, 3.8) is 0 Å². The average molecular weight is 443 g/mol. The summed E-state index contributed by atoms with van der Waals surface area (Å²) in [4.78, 5) is 12.6. The topological polar surface area (TPSA) is 66.5 Å². The molecule has 0 aliphatic carbocycles. The molecule has 0 aromatic heterocycles. The quantitative estimate of drug-likeness (QED) is 0.588. The molecule has 30 heavy (non-hydrogen) atoms. The van der Waals surface area contributed by atoms with E-state index in [-0.39, 0.29) is 10.8 Å². The molecule has 3 aromatic carbocycles. The van der Waals surface area contributed by atoms with Crippen LogP contribution in [0.4, 0.5) is 5.69 Å². The van der Waals surface area contributed by atoms with Gasteiger partial charge in [-0.1, -0.05) is 41.4 Å². The number of aryl methyl sites for hydroxylation is 1. The maximum atomic E-state index is 12.8. The number of rotatable bonds is 7. The van der Waals surface area contributed by atoms with Gasteiger partial charge < -0.3 is 5.32 Å². The van der Waals surface area contributed by atoms with Gasteiger partial charge in [0.2, 0.25) is 0 Å². The lowest BCUT2D eigenvalue weighted by Gasteiger charge is -2.20. The van der Waals surface area contributed by atoms with Gasteiger partial charge in [0.25, 0.3) is 15.9 Å². The van der Waals surface area contributed by atoms with Gasteiger partial charge in [-0.15, -0.1) is 0 Å². The molecule has 0 radical (unpaired) electrons. The molecular weight excluding hydrogens is 420 g/mol. The molecule has 0 saturated carbocycles. The molecule has 0 heterocycles. The summed E-state index contributed by atoms with van der Waals surface area (Å²) in [6.07, 6.45) is 0.693. The van der Waals surface area contributed by atoms with Crippen molar-refractivity contribution in [1.82, 2.24) is 5.32 Å². The van der Waals surface area contributed by atoms with E-state index in [1.54, 1.807) is 48.5 Å². The number of nitrogens with zero attached hydrogens (tertiary/aromatic N) is 1. The molecular formula is C23H23ClN2O3S. The first-order chi connectivity index (χ1) is 14.3. The summed E-state index contributed by atoms with van der Waals surface area (Å²) in [6.45, 7) is 2.39. The Morgan fingerprint density at radius 2 is 1.53 bits per heavy atom. The Labute approximate surface area is 182 Å². The summed E-state index contributed by atoms with van der Waals surface area (Å²) in [5.41, 5.74) is 3.02. The van der Waals surface area contributed by atoms with Crippen LogP contribution in [0.3, 0.4) is 0 Å². The number of sulfonamides is 1. The highest BCUT2D eigenvalue weighted by Gasteiger charge is 2.21. The number of nitrogens with one attached hydrogen (secondary N) is 1. The van der Waals surface area contributed by atoms with Crippen molar-refractivity contribution >= 4 is 33.2 Å². The van der Waals surface area contributed by atoms with Crippen LogP contribution < -0.4 is 9.62 Å². The van der Waals surface area contributed by atoms with Crippen molar-refractivity contribution in [2.24, 2.45) is 0 Å². The summed E-state index contributed by atoms with van der Waals surface area (Å²) in [5.74, 6) is -0.209. The lowest BCUT2D eigenvalue weighted by molar-refractivity contribution is 0.0954. The highest BCUT2D eigenvalue weighted by Crippen LogP contribution is 2.22. The molecule has 1 N–H and O–H groups in total. The highest BCUT2D eigenvalue weighted by atomic mass is 35.5. The number of benzene rings is 3. The second-order valence-corrected chi connectivity index (χ2v) is 9.37. The van der Waals surface area contributed by atoms with Crippen LogP contribution in [0.2, 0.25) is 5.02 Å². The predicted molar refractivity (Wildman–Crippen MR) is 121 cm³/mol. The smallest absolute Gasteiger partial charge is 0.264 e. The van der Waals surface area contributed by atoms with Crippen molar-refractivity contribution in [3.05, 3.63) is 94.5 Å². The van der Waals surface area contributed by atoms with Gasteiger partial charge in [0.05, 0.1) is 10.6 Å². The van der Waals surface area contributed by atoms with Gasteiger partial charge in [0, 0.05) is 24.2 Å². The fraction of sp³-hybridized carbons (Fsp3) is 0.174. The molecule has 0 fully saturated rings. The van der Waals surface area contributed by atoms with Gasteiger partial charge in [-0.25, -0.2) is 8.42 Å². The van der Waals surface area contributed by atoms with Gasteiger partial charge in [-0.05, 0) is 67.4 Å². The van der Waals surface area contributed by atoms with Gasteiger partial charge in [0.15, 0.2) is 0 Å². The number of carbonyl (C=O) groups excluding carboxylic acids is 1. The molecule has 3 rings (SSSR count). The lowest BCUT2D eigenvalue weighted by atomic mass is 10.1. The monoisotopic (exact) mass is 442 g/mol. The summed E-state index contributed by atoms with van der Waals surface area (Å²) >= 11 is 5.87. The maximum absolute atomic E-state index is 12.8. The molecule has 0 atom stereocenters. The first-order valence-electron chi connectivity index (χ1n) is 9.46. The number of anilines is 1. The van der Waals surface area contributed by atoms with Gasteiger partial charge in [-0.2, -0.15) is 0 Å². The van der Waals surface area contributed by atoms with Crippen molar-refractivity contribution in [2.45, 2.75) is 18.2 Å². The number of halogens is 1. The molecule has 0 spiro atoms. The van der Waals surface area contributed by atoms with Crippen LogP contribution in [-0.2, 0) is 16.4 Å². The Balaban J connectivity index is 1.62. The number of hydrogen-bond acceptors (Lipinski definition) is 3. The third-order valence-electron chi connectivity index (χ3n) is 4.78. The van der Waals surface area contributed by atoms with E-state index in [4.69, 9.17) is 11.6 Å². The standard InChI is InChI=1S/C23H23ClN2O3S/c1-17-3-13-22(14-4-17)30(28,29)26(2)21-11-7-19(8-12-21)23(27)25-16-15-18-5-9-20(24)10-6-18/h3-14H,15-16H2,1-2H3,(H,25,27). The van der Waals surface area contributed by atoms with Gasteiger partial charge in [-0.3, -0.25) is 9.10 Å². The molecule has 0 bridgehead atoms. The Morgan fingerprint density at radius 1 is 0.933 bits per heavy atom. The molecule has 0 aliphatic heterocycles. The maximum Gasteiger partial charge on any atom is 0.264 e. The summed E-state index contributed by atoms with van der Waals surface area (Å²) in [7, 11) is -2.17. The molecule has 0 aliphatic rings. The minimum absolute atomic E-state index is 0.209. The molecule has 0 unspecified atom stereocenters. The molecule has 156 valence electrons. The van der Waals surface area contributed by atoms with Gasteiger partial charge >= 0.3 is 0 Å². The summed E-state index contributed by atoms with van der Waals surface area (Å²) < 4.78 is 26.8. The Kier molecular flexibility index (Phi) is 6.80. The van der Waals surface area contributed by atoms with E-state index in [1.807, 2.05) is 31.2 Å². The van der Waals surface area contributed by atoms with Crippen molar-refractivity contribution in [1.29, 1.82) is 0 Å². The third kappa shape index (κ3) is 5.20. The zero-order valence-corrected chi connectivity index (χ0v) is 18.4. The van der Waals surface area contributed by atoms with Crippen LogP contribution in [0.15, 0.2) is 77.7 Å². The normalized spacial score (nSPS) is 11.2. The van der Waals surface area contributed by atoms with Crippen LogP contribution in [-0.4, -0.2) is 27.9 Å². The second-order valence-electron chi connectivity index (χ2n) is 6.96. The van der Waals surface area contributed by atoms with E-state index in [2.05, 4.69) is 5.32 Å². The SMILES string of the molecule is Cc1ccc(S(=O)(=O)N(C)c2ccc(C(=O)NCCc3ccc(Cl)cc3)cc2)cc1. The van der Waals surface area contributed by atoms with Gasteiger partial charge in [0.1, 0.15) is 0 Å². The van der Waals surface area contributed by atoms with Crippen molar-refractivity contribution in [3.8, 4) is 0 Å². The molecule has 3 aromatic rings. The molecule has 7 heteroatoms. The Morgan fingerprint density at radius 3 is 2.13 bits per heavy atom. The van der Waals surface area contributed by atoms with Crippen LogP contribution in [0, 0.1) is 6.92 Å². The van der Waals surface area contributed by atoms with E-state index >= 15 is 0 Å². The van der Waals surface area contributed by atoms with E-state index in [0.717, 1.165) is 11.1 Å². The van der Waals surface area contributed by atoms with E-state index in [1.165, 1.54) is 11.4 Å². The zero-order chi connectivity index (χ0) is 21.7. The van der Waals surface area contributed by atoms with E-state index in [9.17, 15) is 13.2 Å². The first-order valence-corrected chi connectivity index (χ1v) is 11.3. The zero-order valence-electron chi connectivity index (χ0n) is 16.8. The van der Waals surface area contributed by atoms with E-state index in [0.29, 0.717) is 29.2 Å². The van der Waals surface area contributed by atoms with Crippen LogP contribution >= 0.6 is 11.6 Å². The summed E-state index contributed by atoms with van der Waals surface area (Å²) in [6, 6.07) is 20.7. The van der Waals surface area contributed by atoms with E-state index < -0.39 is 10.0 Å². The highest BCUT2D eigenvalue weighted by molar-refractivity contribution is 7.92. The van der Waals surface area contributed by atoms with Crippen molar-refractivity contribution < 1.29 is 13.2 Å². The summed E-state index contributed by atoms with van der Waals surface area (Å²) in [5, 5.41) is 3.55. The van der Waals surface area contributed by atoms with Crippen LogP contribution in [0.25, 0.3) is 0 Å². The number of hydrogen-bond donors (Lipinski definition) is 1. The number of carbonyl (C=O) groups is 1. The largest absolute Gasteiger partial charge is 0.352 e. The Hall–Kier alpha value is -2.83. The Bertz CT molecular complexity index is 1110. The van der Waals surface area contributed by atoms with Crippen molar-refractivity contribution in [2.75, 3.05) is 17.9 Å².